The Hall–Kier alpha value is -2.87. The van der Waals surface area contributed by atoms with E-state index in [4.69, 9.17) is 4.74 Å². The molecule has 0 bridgehead atoms. The van der Waals surface area contributed by atoms with Crippen molar-refractivity contribution in [2.45, 2.75) is 26.2 Å². The molecule has 3 aromatic rings. The zero-order chi connectivity index (χ0) is 17.6. The number of nitrogens with zero attached hydrogens (tertiary/aromatic N) is 3. The first kappa shape index (κ1) is 15.6. The molecule has 0 amide bonds. The van der Waals surface area contributed by atoms with Gasteiger partial charge in [0, 0.05) is 16.5 Å². The van der Waals surface area contributed by atoms with Crippen molar-refractivity contribution in [3.8, 4) is 11.6 Å². The highest BCUT2D eigenvalue weighted by atomic mass is 32.1. The van der Waals surface area contributed by atoms with E-state index in [0.29, 0.717) is 18.0 Å². The number of ether oxygens (including phenoxy) is 1. The lowest BCUT2D eigenvalue weighted by Gasteiger charge is -2.08. The lowest BCUT2D eigenvalue weighted by molar-refractivity contribution is -0.385. The van der Waals surface area contributed by atoms with E-state index < -0.39 is 4.92 Å². The van der Waals surface area contributed by atoms with Crippen LogP contribution in [0.3, 0.4) is 0 Å². The Morgan fingerprint density at radius 1 is 1.32 bits per heavy atom. The van der Waals surface area contributed by atoms with E-state index in [1.807, 2.05) is 0 Å². The normalized spacial score (nSPS) is 13.0. The summed E-state index contributed by atoms with van der Waals surface area (Å²) in [5.74, 6) is 0.950. The van der Waals surface area contributed by atoms with Crippen molar-refractivity contribution in [1.82, 2.24) is 9.97 Å². The summed E-state index contributed by atoms with van der Waals surface area (Å²) in [7, 11) is 0. The minimum atomic E-state index is -0.564. The van der Waals surface area contributed by atoms with Crippen LogP contribution in [0, 0.1) is 17.0 Å². The largest absolute Gasteiger partial charge is 0.431 e. The maximum absolute atomic E-state index is 11.3. The molecule has 1 aromatic carbocycles. The van der Waals surface area contributed by atoms with Crippen LogP contribution in [0.25, 0.3) is 10.2 Å². The van der Waals surface area contributed by atoms with Crippen LogP contribution in [-0.2, 0) is 12.8 Å². The summed E-state index contributed by atoms with van der Waals surface area (Å²) in [5.41, 5.74) is 1.14. The smallest absolute Gasteiger partial charge is 0.312 e. The Morgan fingerprint density at radius 3 is 2.92 bits per heavy atom. The lowest BCUT2D eigenvalue weighted by Crippen LogP contribution is -1.99. The summed E-state index contributed by atoms with van der Waals surface area (Å²) in [4.78, 5) is 32.6. The van der Waals surface area contributed by atoms with E-state index in [1.165, 1.54) is 28.6 Å². The molecule has 0 saturated heterocycles. The van der Waals surface area contributed by atoms with E-state index in [2.05, 4.69) is 9.97 Å². The van der Waals surface area contributed by atoms with Gasteiger partial charge in [-0.3, -0.25) is 14.9 Å². The number of rotatable bonds is 4. The Labute approximate surface area is 146 Å². The highest BCUT2D eigenvalue weighted by Gasteiger charge is 2.25. The van der Waals surface area contributed by atoms with Crippen LogP contribution in [0.1, 0.15) is 33.0 Å². The van der Waals surface area contributed by atoms with E-state index in [-0.39, 0.29) is 17.0 Å². The molecule has 0 aliphatic heterocycles. The first-order valence-corrected chi connectivity index (χ1v) is 8.59. The van der Waals surface area contributed by atoms with E-state index in [0.717, 1.165) is 29.5 Å². The van der Waals surface area contributed by atoms with Crippen molar-refractivity contribution < 1.29 is 14.5 Å². The van der Waals surface area contributed by atoms with Crippen molar-refractivity contribution in [3.05, 3.63) is 50.1 Å². The first-order chi connectivity index (χ1) is 12.1. The average molecular weight is 355 g/mol. The van der Waals surface area contributed by atoms with Gasteiger partial charge in [-0.15, -0.1) is 11.3 Å². The van der Waals surface area contributed by atoms with Crippen molar-refractivity contribution in [3.63, 3.8) is 0 Å². The topological polar surface area (TPSA) is 95.2 Å². The summed E-state index contributed by atoms with van der Waals surface area (Å²) < 4.78 is 5.85. The predicted octanol–water partition coefficient (Wildman–Crippen LogP) is 4.00. The fourth-order valence-electron chi connectivity index (χ4n) is 3.08. The maximum atomic E-state index is 11.3. The Balaban J connectivity index is 1.86. The molecule has 7 nitrogen and oxygen atoms in total. The van der Waals surface area contributed by atoms with Gasteiger partial charge in [0.1, 0.15) is 16.9 Å². The predicted molar refractivity (Wildman–Crippen MR) is 92.7 cm³/mol. The molecule has 0 saturated carbocycles. The SMILES string of the molecule is Cc1nc(Oc2ccc(C=O)cc2[N+](=O)[O-])c2c3c(sc2n1)CCC3. The molecule has 126 valence electrons. The third-order valence-electron chi connectivity index (χ3n) is 4.17. The molecule has 0 spiro atoms. The second kappa shape index (κ2) is 5.89. The van der Waals surface area contributed by atoms with Crippen molar-refractivity contribution in [2.75, 3.05) is 0 Å². The highest BCUT2D eigenvalue weighted by molar-refractivity contribution is 7.19. The fourth-order valence-corrected chi connectivity index (χ4v) is 4.38. The molecule has 2 aromatic heterocycles. The Kier molecular flexibility index (Phi) is 3.69. The van der Waals surface area contributed by atoms with E-state index in [9.17, 15) is 14.9 Å². The van der Waals surface area contributed by atoms with E-state index >= 15 is 0 Å². The summed E-state index contributed by atoms with van der Waals surface area (Å²) in [6.45, 7) is 1.76. The summed E-state index contributed by atoms with van der Waals surface area (Å²) >= 11 is 1.63. The molecule has 2 heterocycles. The molecule has 0 fully saturated rings. The Bertz CT molecular complexity index is 1030. The third kappa shape index (κ3) is 2.64. The summed E-state index contributed by atoms with van der Waals surface area (Å²) in [6, 6.07) is 4.11. The number of carbonyl (C=O) groups is 1. The number of benzene rings is 1. The number of fused-ring (bicyclic) bond motifs is 3. The number of nitro benzene ring substituents is 1. The van der Waals surface area contributed by atoms with Gasteiger partial charge in [-0.2, -0.15) is 4.98 Å². The van der Waals surface area contributed by atoms with Gasteiger partial charge < -0.3 is 4.74 Å². The number of aromatic nitrogens is 2. The Morgan fingerprint density at radius 2 is 2.16 bits per heavy atom. The second-order valence-electron chi connectivity index (χ2n) is 5.82. The van der Waals surface area contributed by atoms with Crippen LogP contribution in [0.5, 0.6) is 11.6 Å². The molecule has 25 heavy (non-hydrogen) atoms. The molecule has 1 aliphatic carbocycles. The van der Waals surface area contributed by atoms with Gasteiger partial charge in [0.2, 0.25) is 11.6 Å². The molecular weight excluding hydrogens is 342 g/mol. The van der Waals surface area contributed by atoms with Gasteiger partial charge >= 0.3 is 5.69 Å². The number of hydrogen-bond acceptors (Lipinski definition) is 7. The molecule has 0 atom stereocenters. The molecule has 1 aliphatic rings. The van der Waals surface area contributed by atoms with Gasteiger partial charge in [0.05, 0.1) is 10.3 Å². The second-order valence-corrected chi connectivity index (χ2v) is 6.90. The van der Waals surface area contributed by atoms with Crippen LogP contribution in [0.2, 0.25) is 0 Å². The summed E-state index contributed by atoms with van der Waals surface area (Å²) in [5, 5.41) is 12.2. The molecule has 8 heteroatoms. The molecule has 0 radical (unpaired) electrons. The minimum Gasteiger partial charge on any atom is -0.431 e. The monoisotopic (exact) mass is 355 g/mol. The van der Waals surface area contributed by atoms with Crippen molar-refractivity contribution in [2.24, 2.45) is 0 Å². The minimum absolute atomic E-state index is 0.0629. The van der Waals surface area contributed by atoms with Crippen LogP contribution >= 0.6 is 11.3 Å². The summed E-state index contributed by atoms with van der Waals surface area (Å²) in [6.07, 6.45) is 3.60. The van der Waals surface area contributed by atoms with Crippen LogP contribution in [0.15, 0.2) is 18.2 Å². The zero-order valence-corrected chi connectivity index (χ0v) is 14.1. The first-order valence-electron chi connectivity index (χ1n) is 7.77. The van der Waals surface area contributed by atoms with Gasteiger partial charge in [0.15, 0.2) is 0 Å². The molecule has 0 unspecified atom stereocenters. The number of hydrogen-bond donors (Lipinski definition) is 0. The number of nitro groups is 1. The quantitative estimate of drug-likeness (QED) is 0.399. The van der Waals surface area contributed by atoms with Crippen molar-refractivity contribution >= 4 is 33.5 Å². The van der Waals surface area contributed by atoms with Gasteiger partial charge in [-0.05, 0) is 43.9 Å². The average Bonchev–Trinajstić information content (AvgIpc) is 3.15. The molecule has 0 N–H and O–H groups in total. The molecule has 4 rings (SSSR count). The van der Waals surface area contributed by atoms with Gasteiger partial charge in [-0.25, -0.2) is 4.98 Å². The van der Waals surface area contributed by atoms with Gasteiger partial charge in [0.25, 0.3) is 0 Å². The van der Waals surface area contributed by atoms with Crippen LogP contribution < -0.4 is 4.74 Å². The third-order valence-corrected chi connectivity index (χ3v) is 5.35. The highest BCUT2D eigenvalue weighted by Crippen LogP contribution is 2.42. The molecular formula is C17H13N3O4S. The van der Waals surface area contributed by atoms with Crippen LogP contribution in [-0.4, -0.2) is 21.2 Å². The maximum Gasteiger partial charge on any atom is 0.312 e. The van der Waals surface area contributed by atoms with Crippen molar-refractivity contribution in [1.29, 1.82) is 0 Å². The standard InChI is InChI=1S/C17H13N3O4S/c1-9-18-16(15-11-3-2-4-14(11)25-17(15)19-9)24-13-6-5-10(8-21)7-12(13)20(22)23/h5-8H,2-4H2,1H3. The van der Waals surface area contributed by atoms with Crippen LogP contribution in [0.4, 0.5) is 5.69 Å². The van der Waals surface area contributed by atoms with E-state index in [1.54, 1.807) is 18.3 Å². The lowest BCUT2D eigenvalue weighted by atomic mass is 10.2. The number of carbonyl (C=O) groups excluding carboxylic acids is 1. The number of thiophene rings is 1. The number of aryl methyl sites for hydroxylation is 3. The fraction of sp³-hybridized carbons (Fsp3) is 0.235. The number of aldehydes is 1. The zero-order valence-electron chi connectivity index (χ0n) is 13.3. The van der Waals surface area contributed by atoms with Gasteiger partial charge in [-0.1, -0.05) is 0 Å².